The number of amides is 1. The number of nitrogens with one attached hydrogen (secondary N) is 1. The van der Waals surface area contributed by atoms with Gasteiger partial charge in [0.15, 0.2) is 0 Å². The molecular formula is C15H23FN2O. The maximum absolute atomic E-state index is 13.1. The van der Waals surface area contributed by atoms with Crippen LogP contribution in [0.4, 0.5) is 4.39 Å². The van der Waals surface area contributed by atoms with E-state index >= 15 is 0 Å². The van der Waals surface area contributed by atoms with Gasteiger partial charge < -0.3 is 11.1 Å². The first-order chi connectivity index (χ1) is 8.69. The molecule has 0 spiro atoms. The molecule has 0 aliphatic rings. The van der Waals surface area contributed by atoms with Crippen LogP contribution in [0.3, 0.4) is 0 Å². The number of halogens is 1. The van der Waals surface area contributed by atoms with Crippen LogP contribution in [-0.2, 0) is 0 Å². The van der Waals surface area contributed by atoms with E-state index in [2.05, 4.69) is 26.1 Å². The van der Waals surface area contributed by atoms with Gasteiger partial charge in [0.2, 0.25) is 0 Å². The molecule has 19 heavy (non-hydrogen) atoms. The molecule has 1 aromatic carbocycles. The average molecular weight is 266 g/mol. The molecule has 0 saturated heterocycles. The predicted octanol–water partition coefficient (Wildman–Crippen LogP) is 2.63. The minimum Gasteiger partial charge on any atom is -0.350 e. The third kappa shape index (κ3) is 5.39. The molecule has 0 aliphatic carbocycles. The monoisotopic (exact) mass is 266 g/mol. The molecule has 3 nitrogen and oxygen atoms in total. The SMILES string of the molecule is Cc1cc(C(=O)NCC(N)CC(C)(C)C)ccc1F. The maximum atomic E-state index is 13.1. The zero-order valence-corrected chi connectivity index (χ0v) is 12.1. The Labute approximate surface area is 114 Å². The number of carbonyl (C=O) groups is 1. The Morgan fingerprint density at radius 3 is 2.58 bits per heavy atom. The highest BCUT2D eigenvalue weighted by Crippen LogP contribution is 2.19. The molecule has 0 aliphatic heterocycles. The Kier molecular flexibility index (Phi) is 5.06. The molecule has 0 heterocycles. The Bertz CT molecular complexity index is 452. The first-order valence-corrected chi connectivity index (χ1v) is 6.49. The lowest BCUT2D eigenvalue weighted by Crippen LogP contribution is -2.39. The van der Waals surface area contributed by atoms with Gasteiger partial charge in [-0.25, -0.2) is 4.39 Å². The molecule has 0 fully saturated rings. The average Bonchev–Trinajstić information content (AvgIpc) is 2.27. The molecule has 1 atom stereocenters. The van der Waals surface area contributed by atoms with Crippen molar-refractivity contribution in [2.24, 2.45) is 11.1 Å². The third-order valence-electron chi connectivity index (χ3n) is 2.82. The molecule has 106 valence electrons. The van der Waals surface area contributed by atoms with Crippen LogP contribution in [0.1, 0.15) is 43.1 Å². The minimum absolute atomic E-state index is 0.0782. The van der Waals surface area contributed by atoms with Crippen molar-refractivity contribution >= 4 is 5.91 Å². The number of carbonyl (C=O) groups excluding carboxylic acids is 1. The van der Waals surface area contributed by atoms with Gasteiger partial charge in [-0.15, -0.1) is 0 Å². The second-order valence-electron chi connectivity index (χ2n) is 6.20. The van der Waals surface area contributed by atoms with E-state index in [-0.39, 0.29) is 23.2 Å². The number of hydrogen-bond acceptors (Lipinski definition) is 2. The lowest BCUT2D eigenvalue weighted by molar-refractivity contribution is 0.0948. The van der Waals surface area contributed by atoms with E-state index in [1.807, 2.05) is 0 Å². The summed E-state index contributed by atoms with van der Waals surface area (Å²) in [6.07, 6.45) is 0.829. The first-order valence-electron chi connectivity index (χ1n) is 6.49. The molecule has 0 bridgehead atoms. The molecular weight excluding hydrogens is 243 g/mol. The van der Waals surface area contributed by atoms with Gasteiger partial charge >= 0.3 is 0 Å². The topological polar surface area (TPSA) is 55.1 Å². The summed E-state index contributed by atoms with van der Waals surface area (Å²) in [5, 5.41) is 2.78. The van der Waals surface area contributed by atoms with Gasteiger partial charge in [-0.2, -0.15) is 0 Å². The molecule has 1 rings (SSSR count). The minimum atomic E-state index is -0.305. The van der Waals surface area contributed by atoms with Gasteiger partial charge in [0.05, 0.1) is 0 Å². The smallest absolute Gasteiger partial charge is 0.251 e. The van der Waals surface area contributed by atoms with Crippen molar-refractivity contribution in [3.63, 3.8) is 0 Å². The van der Waals surface area contributed by atoms with Crippen molar-refractivity contribution in [2.45, 2.75) is 40.2 Å². The van der Waals surface area contributed by atoms with Gasteiger partial charge in [0.1, 0.15) is 5.82 Å². The zero-order valence-electron chi connectivity index (χ0n) is 12.1. The van der Waals surface area contributed by atoms with E-state index in [9.17, 15) is 9.18 Å². The van der Waals surface area contributed by atoms with Crippen LogP contribution < -0.4 is 11.1 Å². The highest BCUT2D eigenvalue weighted by molar-refractivity contribution is 5.94. The summed E-state index contributed by atoms with van der Waals surface area (Å²) in [4.78, 5) is 11.9. The van der Waals surface area contributed by atoms with E-state index < -0.39 is 0 Å². The van der Waals surface area contributed by atoms with Crippen molar-refractivity contribution < 1.29 is 9.18 Å². The van der Waals surface area contributed by atoms with Crippen LogP contribution in [-0.4, -0.2) is 18.5 Å². The highest BCUT2D eigenvalue weighted by atomic mass is 19.1. The van der Waals surface area contributed by atoms with Crippen molar-refractivity contribution in [3.8, 4) is 0 Å². The third-order valence-corrected chi connectivity index (χ3v) is 2.82. The highest BCUT2D eigenvalue weighted by Gasteiger charge is 2.16. The quantitative estimate of drug-likeness (QED) is 0.880. The van der Waals surface area contributed by atoms with Crippen LogP contribution in [0.2, 0.25) is 0 Å². The second-order valence-corrected chi connectivity index (χ2v) is 6.20. The largest absolute Gasteiger partial charge is 0.350 e. The van der Waals surface area contributed by atoms with Crippen LogP contribution in [0.25, 0.3) is 0 Å². The summed E-state index contributed by atoms with van der Waals surface area (Å²) in [6, 6.07) is 4.25. The molecule has 4 heteroatoms. The van der Waals surface area contributed by atoms with Gasteiger partial charge in [-0.05, 0) is 42.5 Å². The first kappa shape index (κ1) is 15.6. The molecule has 0 aromatic heterocycles. The van der Waals surface area contributed by atoms with Crippen molar-refractivity contribution in [1.29, 1.82) is 0 Å². The summed E-state index contributed by atoms with van der Waals surface area (Å²) < 4.78 is 13.1. The maximum Gasteiger partial charge on any atom is 0.251 e. The standard InChI is InChI=1S/C15H23FN2O/c1-10-7-11(5-6-13(10)16)14(19)18-9-12(17)8-15(2,3)4/h5-7,12H,8-9,17H2,1-4H3,(H,18,19). The summed E-state index contributed by atoms with van der Waals surface area (Å²) in [7, 11) is 0. The summed E-state index contributed by atoms with van der Waals surface area (Å²) >= 11 is 0. The van der Waals surface area contributed by atoms with Gasteiger partial charge in [0.25, 0.3) is 5.91 Å². The normalized spacial score (nSPS) is 13.2. The number of hydrogen-bond donors (Lipinski definition) is 2. The van der Waals surface area contributed by atoms with Gasteiger partial charge in [-0.3, -0.25) is 4.79 Å². The van der Waals surface area contributed by atoms with E-state index in [1.54, 1.807) is 13.0 Å². The lowest BCUT2D eigenvalue weighted by atomic mass is 9.88. The number of rotatable bonds is 4. The molecule has 3 N–H and O–H groups in total. The number of aryl methyl sites for hydroxylation is 1. The van der Waals surface area contributed by atoms with E-state index in [4.69, 9.17) is 5.73 Å². The Balaban J connectivity index is 2.53. The second kappa shape index (κ2) is 6.15. The predicted molar refractivity (Wildman–Crippen MR) is 75.5 cm³/mol. The zero-order chi connectivity index (χ0) is 14.6. The Hall–Kier alpha value is -1.42. The summed E-state index contributed by atoms with van der Waals surface area (Å²) in [5.74, 6) is -0.520. The fraction of sp³-hybridized carbons (Fsp3) is 0.533. The Morgan fingerprint density at radius 2 is 2.05 bits per heavy atom. The molecule has 1 unspecified atom stereocenters. The number of benzene rings is 1. The van der Waals surface area contributed by atoms with Crippen LogP contribution in [0.5, 0.6) is 0 Å². The number of nitrogens with two attached hydrogens (primary N) is 1. The lowest BCUT2D eigenvalue weighted by Gasteiger charge is -2.23. The summed E-state index contributed by atoms with van der Waals surface area (Å²) in [5.41, 5.74) is 7.03. The van der Waals surface area contributed by atoms with E-state index in [0.717, 1.165) is 6.42 Å². The fourth-order valence-corrected chi connectivity index (χ4v) is 1.97. The molecule has 1 aromatic rings. The van der Waals surface area contributed by atoms with Gasteiger partial charge in [-0.1, -0.05) is 20.8 Å². The van der Waals surface area contributed by atoms with Crippen molar-refractivity contribution in [1.82, 2.24) is 5.32 Å². The Morgan fingerprint density at radius 1 is 1.42 bits per heavy atom. The van der Waals surface area contributed by atoms with Crippen LogP contribution in [0, 0.1) is 18.2 Å². The molecule has 0 radical (unpaired) electrons. The van der Waals surface area contributed by atoms with E-state index in [1.165, 1.54) is 12.1 Å². The molecule has 0 saturated carbocycles. The molecule has 1 amide bonds. The van der Waals surface area contributed by atoms with Crippen molar-refractivity contribution in [2.75, 3.05) is 6.54 Å². The summed E-state index contributed by atoms with van der Waals surface area (Å²) in [6.45, 7) is 8.39. The van der Waals surface area contributed by atoms with Crippen molar-refractivity contribution in [3.05, 3.63) is 35.1 Å². The van der Waals surface area contributed by atoms with E-state index in [0.29, 0.717) is 17.7 Å². The van der Waals surface area contributed by atoms with Gasteiger partial charge in [0, 0.05) is 18.2 Å². The van der Waals surface area contributed by atoms with Crippen LogP contribution in [0.15, 0.2) is 18.2 Å². The van der Waals surface area contributed by atoms with Crippen LogP contribution >= 0.6 is 0 Å². The fourth-order valence-electron chi connectivity index (χ4n) is 1.97.